The fourth-order valence-electron chi connectivity index (χ4n) is 2.24. The Kier molecular flexibility index (Phi) is 7.77. The second-order valence-corrected chi connectivity index (χ2v) is 4.95. The Morgan fingerprint density at radius 3 is 2.71 bits per heavy atom. The Labute approximate surface area is 105 Å². The summed E-state index contributed by atoms with van der Waals surface area (Å²) in [5.41, 5.74) is 0. The van der Waals surface area contributed by atoms with Gasteiger partial charge in [-0.1, -0.05) is 6.92 Å². The van der Waals surface area contributed by atoms with Crippen molar-refractivity contribution < 1.29 is 14.6 Å². The third kappa shape index (κ3) is 6.99. The minimum Gasteiger partial charge on any atom is -0.389 e. The van der Waals surface area contributed by atoms with E-state index in [0.29, 0.717) is 39.0 Å². The highest BCUT2D eigenvalue weighted by Crippen LogP contribution is 2.24. The summed E-state index contributed by atoms with van der Waals surface area (Å²) >= 11 is 0. The highest BCUT2D eigenvalue weighted by molar-refractivity contribution is 4.79. The first-order chi connectivity index (χ1) is 8.22. The first-order valence-electron chi connectivity index (χ1n) is 6.79. The van der Waals surface area contributed by atoms with Crippen LogP contribution in [0.2, 0.25) is 0 Å². The van der Waals surface area contributed by atoms with Gasteiger partial charge in [0, 0.05) is 19.2 Å². The van der Waals surface area contributed by atoms with Crippen molar-refractivity contribution in [1.82, 2.24) is 5.32 Å². The lowest BCUT2D eigenvalue weighted by Gasteiger charge is -2.16. The molecule has 0 heterocycles. The van der Waals surface area contributed by atoms with Crippen molar-refractivity contribution >= 4 is 0 Å². The molecule has 0 bridgehead atoms. The van der Waals surface area contributed by atoms with Gasteiger partial charge in [0.1, 0.15) is 0 Å². The number of aliphatic hydroxyl groups is 1. The van der Waals surface area contributed by atoms with Crippen LogP contribution in [0, 0.1) is 5.92 Å². The molecule has 3 unspecified atom stereocenters. The molecule has 4 heteroatoms. The van der Waals surface area contributed by atoms with Gasteiger partial charge in [-0.25, -0.2) is 0 Å². The summed E-state index contributed by atoms with van der Waals surface area (Å²) in [7, 11) is 0. The number of rotatable bonds is 9. The molecule has 0 saturated heterocycles. The number of aliphatic hydroxyl groups excluding tert-OH is 1. The summed E-state index contributed by atoms with van der Waals surface area (Å²) < 4.78 is 10.5. The highest BCUT2D eigenvalue weighted by Gasteiger charge is 2.21. The Morgan fingerprint density at radius 1 is 1.29 bits per heavy atom. The number of nitrogens with one attached hydrogen (secondary N) is 1. The molecule has 1 aliphatic rings. The molecule has 0 aromatic heterocycles. The summed E-state index contributed by atoms with van der Waals surface area (Å²) in [5.74, 6) is 0.826. The van der Waals surface area contributed by atoms with Gasteiger partial charge in [0.25, 0.3) is 0 Å². The maximum absolute atomic E-state index is 9.70. The predicted molar refractivity (Wildman–Crippen MR) is 68.1 cm³/mol. The van der Waals surface area contributed by atoms with Crippen LogP contribution in [-0.4, -0.2) is 50.2 Å². The summed E-state index contributed by atoms with van der Waals surface area (Å²) in [6.45, 7) is 7.15. The molecule has 1 aliphatic carbocycles. The lowest BCUT2D eigenvalue weighted by atomic mass is 10.1. The predicted octanol–water partition coefficient (Wildman–Crippen LogP) is 1.18. The molecule has 4 nitrogen and oxygen atoms in total. The minimum absolute atomic E-state index is 0.391. The molecule has 17 heavy (non-hydrogen) atoms. The van der Waals surface area contributed by atoms with Gasteiger partial charge >= 0.3 is 0 Å². The smallest absolute Gasteiger partial charge is 0.0897 e. The maximum Gasteiger partial charge on any atom is 0.0897 e. The molecule has 3 atom stereocenters. The topological polar surface area (TPSA) is 50.7 Å². The zero-order chi connectivity index (χ0) is 12.5. The van der Waals surface area contributed by atoms with Crippen LogP contribution in [0.25, 0.3) is 0 Å². The van der Waals surface area contributed by atoms with E-state index in [1.165, 1.54) is 19.3 Å². The van der Waals surface area contributed by atoms with E-state index in [2.05, 4.69) is 12.2 Å². The molecule has 0 amide bonds. The fraction of sp³-hybridized carbons (Fsp3) is 1.00. The average molecular weight is 245 g/mol. The molecule has 1 saturated carbocycles. The molecule has 2 N–H and O–H groups in total. The Balaban J connectivity index is 1.92. The summed E-state index contributed by atoms with van der Waals surface area (Å²) in [5, 5.41) is 13.1. The third-order valence-corrected chi connectivity index (χ3v) is 3.22. The van der Waals surface area contributed by atoms with Gasteiger partial charge < -0.3 is 19.9 Å². The second-order valence-electron chi connectivity index (χ2n) is 4.95. The molecule has 1 fully saturated rings. The van der Waals surface area contributed by atoms with Crippen molar-refractivity contribution in [3.05, 3.63) is 0 Å². The summed E-state index contributed by atoms with van der Waals surface area (Å²) in [4.78, 5) is 0. The number of hydrogen-bond donors (Lipinski definition) is 2. The van der Waals surface area contributed by atoms with Crippen LogP contribution < -0.4 is 5.32 Å². The van der Waals surface area contributed by atoms with Crippen molar-refractivity contribution in [2.45, 2.75) is 45.3 Å². The minimum atomic E-state index is -0.410. The van der Waals surface area contributed by atoms with E-state index in [4.69, 9.17) is 9.47 Å². The SMILES string of the molecule is CCOCCOCC(O)CNC1CCC(C)C1. The average Bonchev–Trinajstić information content (AvgIpc) is 2.72. The van der Waals surface area contributed by atoms with Gasteiger partial charge in [-0.2, -0.15) is 0 Å². The standard InChI is InChI=1S/C13H27NO3/c1-3-16-6-7-17-10-13(15)9-14-12-5-4-11(2)8-12/h11-15H,3-10H2,1-2H3. The van der Waals surface area contributed by atoms with E-state index in [-0.39, 0.29) is 0 Å². The molecule has 102 valence electrons. The highest BCUT2D eigenvalue weighted by atomic mass is 16.5. The van der Waals surface area contributed by atoms with Crippen molar-refractivity contribution in [2.24, 2.45) is 5.92 Å². The molecular weight excluding hydrogens is 218 g/mol. The van der Waals surface area contributed by atoms with Gasteiger partial charge in [-0.05, 0) is 32.1 Å². The van der Waals surface area contributed by atoms with Crippen LogP contribution in [0.15, 0.2) is 0 Å². The second kappa shape index (κ2) is 8.86. The first kappa shape index (κ1) is 14.9. The molecule has 1 rings (SSSR count). The molecule has 0 aromatic rings. The number of hydrogen-bond acceptors (Lipinski definition) is 4. The quantitative estimate of drug-likeness (QED) is 0.599. The van der Waals surface area contributed by atoms with Gasteiger partial charge in [0.15, 0.2) is 0 Å². The maximum atomic E-state index is 9.70. The molecular formula is C13H27NO3. The van der Waals surface area contributed by atoms with Crippen LogP contribution in [0.3, 0.4) is 0 Å². The Bertz CT molecular complexity index is 190. The first-order valence-corrected chi connectivity index (χ1v) is 6.79. The molecule has 0 spiro atoms. The third-order valence-electron chi connectivity index (χ3n) is 3.22. The van der Waals surface area contributed by atoms with E-state index in [0.717, 1.165) is 5.92 Å². The van der Waals surface area contributed by atoms with E-state index < -0.39 is 6.10 Å². The molecule has 0 aliphatic heterocycles. The largest absolute Gasteiger partial charge is 0.389 e. The summed E-state index contributed by atoms with van der Waals surface area (Å²) in [6.07, 6.45) is 3.36. The van der Waals surface area contributed by atoms with Gasteiger partial charge in [-0.3, -0.25) is 0 Å². The van der Waals surface area contributed by atoms with Crippen molar-refractivity contribution in [3.8, 4) is 0 Å². The van der Waals surface area contributed by atoms with E-state index in [1.807, 2.05) is 6.92 Å². The lowest BCUT2D eigenvalue weighted by Crippen LogP contribution is -2.36. The zero-order valence-electron chi connectivity index (χ0n) is 11.2. The van der Waals surface area contributed by atoms with Crippen molar-refractivity contribution in [2.75, 3.05) is 33.0 Å². The van der Waals surface area contributed by atoms with Gasteiger partial charge in [0.05, 0.1) is 25.9 Å². The lowest BCUT2D eigenvalue weighted by molar-refractivity contribution is 0.00576. The Morgan fingerprint density at radius 2 is 2.06 bits per heavy atom. The molecule has 0 radical (unpaired) electrons. The van der Waals surface area contributed by atoms with Gasteiger partial charge in [0.2, 0.25) is 0 Å². The fourth-order valence-corrected chi connectivity index (χ4v) is 2.24. The van der Waals surface area contributed by atoms with Crippen molar-refractivity contribution in [1.29, 1.82) is 0 Å². The van der Waals surface area contributed by atoms with E-state index >= 15 is 0 Å². The number of ether oxygens (including phenoxy) is 2. The monoisotopic (exact) mass is 245 g/mol. The van der Waals surface area contributed by atoms with Crippen LogP contribution >= 0.6 is 0 Å². The van der Waals surface area contributed by atoms with E-state index in [9.17, 15) is 5.11 Å². The van der Waals surface area contributed by atoms with Crippen LogP contribution in [0.5, 0.6) is 0 Å². The van der Waals surface area contributed by atoms with E-state index in [1.54, 1.807) is 0 Å². The molecule has 0 aromatic carbocycles. The van der Waals surface area contributed by atoms with Crippen LogP contribution in [0.4, 0.5) is 0 Å². The summed E-state index contributed by atoms with van der Waals surface area (Å²) in [6, 6.07) is 0.586. The zero-order valence-corrected chi connectivity index (χ0v) is 11.2. The Hall–Kier alpha value is -0.160. The normalized spacial score (nSPS) is 26.3. The van der Waals surface area contributed by atoms with Gasteiger partial charge in [-0.15, -0.1) is 0 Å². The van der Waals surface area contributed by atoms with Crippen molar-refractivity contribution in [3.63, 3.8) is 0 Å². The van der Waals surface area contributed by atoms with Crippen LogP contribution in [0.1, 0.15) is 33.1 Å². The van der Waals surface area contributed by atoms with Crippen LogP contribution in [-0.2, 0) is 9.47 Å².